The molecular formula is C10H8BrN3OS. The van der Waals surface area contributed by atoms with Gasteiger partial charge < -0.3 is 4.52 Å². The normalized spacial score (nSPS) is 12.3. The Labute approximate surface area is 105 Å². The fourth-order valence-electron chi connectivity index (χ4n) is 1.18. The fraction of sp³-hybridized carbons (Fsp3) is 0.300. The summed E-state index contributed by atoms with van der Waals surface area (Å²) in [4.78, 5) is 5.19. The van der Waals surface area contributed by atoms with E-state index in [9.17, 15) is 0 Å². The summed E-state index contributed by atoms with van der Waals surface area (Å²) in [6.07, 6.45) is 0.496. The molecule has 16 heavy (non-hydrogen) atoms. The van der Waals surface area contributed by atoms with E-state index in [4.69, 9.17) is 9.78 Å². The summed E-state index contributed by atoms with van der Waals surface area (Å²) in [6, 6.07) is 4.07. The van der Waals surface area contributed by atoms with Crippen molar-refractivity contribution in [2.45, 2.75) is 13.3 Å². The molecule has 0 aliphatic rings. The van der Waals surface area contributed by atoms with E-state index >= 15 is 0 Å². The monoisotopic (exact) mass is 297 g/mol. The molecule has 0 aliphatic carbocycles. The molecule has 0 spiro atoms. The minimum Gasteiger partial charge on any atom is -0.339 e. The van der Waals surface area contributed by atoms with Crippen LogP contribution >= 0.6 is 27.3 Å². The van der Waals surface area contributed by atoms with Crippen molar-refractivity contribution in [2.75, 3.05) is 0 Å². The van der Waals surface area contributed by atoms with Gasteiger partial charge >= 0.3 is 0 Å². The van der Waals surface area contributed by atoms with Gasteiger partial charge in [-0.25, -0.2) is 0 Å². The minimum absolute atomic E-state index is 0.108. The SMILES string of the molecule is CC(C#N)Cc1nc(-c2cc(Br)cs2)no1. The lowest BCUT2D eigenvalue weighted by Crippen LogP contribution is -1.95. The zero-order chi connectivity index (χ0) is 11.5. The molecule has 1 unspecified atom stereocenters. The van der Waals surface area contributed by atoms with Gasteiger partial charge in [0.2, 0.25) is 11.7 Å². The van der Waals surface area contributed by atoms with Gasteiger partial charge in [-0.2, -0.15) is 10.2 Å². The lowest BCUT2D eigenvalue weighted by atomic mass is 10.1. The van der Waals surface area contributed by atoms with Crippen LogP contribution in [-0.4, -0.2) is 10.1 Å². The number of aromatic nitrogens is 2. The first-order chi connectivity index (χ1) is 7.69. The van der Waals surface area contributed by atoms with Crippen molar-refractivity contribution in [2.24, 2.45) is 5.92 Å². The van der Waals surface area contributed by atoms with Crippen molar-refractivity contribution < 1.29 is 4.52 Å². The summed E-state index contributed by atoms with van der Waals surface area (Å²) in [7, 11) is 0. The number of rotatable bonds is 3. The molecule has 2 rings (SSSR count). The van der Waals surface area contributed by atoms with Crippen LogP contribution in [0.5, 0.6) is 0 Å². The van der Waals surface area contributed by atoms with Crippen LogP contribution in [-0.2, 0) is 6.42 Å². The van der Waals surface area contributed by atoms with Crippen LogP contribution in [0.25, 0.3) is 10.7 Å². The average Bonchev–Trinajstić information content (AvgIpc) is 2.87. The Morgan fingerprint density at radius 3 is 3.12 bits per heavy atom. The van der Waals surface area contributed by atoms with E-state index in [0.717, 1.165) is 9.35 Å². The largest absolute Gasteiger partial charge is 0.339 e. The molecule has 0 N–H and O–H groups in total. The lowest BCUT2D eigenvalue weighted by Gasteiger charge is -1.93. The quantitative estimate of drug-likeness (QED) is 0.872. The zero-order valence-electron chi connectivity index (χ0n) is 8.48. The Bertz CT molecular complexity index is 528. The summed E-state index contributed by atoms with van der Waals surface area (Å²) in [5, 5.41) is 14.5. The number of nitriles is 1. The van der Waals surface area contributed by atoms with Crippen molar-refractivity contribution >= 4 is 27.3 Å². The molecule has 0 saturated heterocycles. The summed E-state index contributed by atoms with van der Waals surface area (Å²) in [5.41, 5.74) is 0. The molecule has 2 aromatic rings. The van der Waals surface area contributed by atoms with E-state index in [1.165, 1.54) is 0 Å². The average molecular weight is 298 g/mol. The second-order valence-electron chi connectivity index (χ2n) is 3.38. The second kappa shape index (κ2) is 4.76. The van der Waals surface area contributed by atoms with Crippen LogP contribution in [0.15, 0.2) is 20.4 Å². The lowest BCUT2D eigenvalue weighted by molar-refractivity contribution is 0.370. The number of thiophene rings is 1. The predicted molar refractivity (Wildman–Crippen MR) is 63.8 cm³/mol. The molecule has 1 atom stereocenters. The third-order valence-electron chi connectivity index (χ3n) is 1.96. The van der Waals surface area contributed by atoms with Crippen molar-refractivity contribution in [1.29, 1.82) is 5.26 Å². The topological polar surface area (TPSA) is 62.7 Å². The van der Waals surface area contributed by atoms with E-state index in [1.54, 1.807) is 11.3 Å². The van der Waals surface area contributed by atoms with Crippen LogP contribution in [0.4, 0.5) is 0 Å². The van der Waals surface area contributed by atoms with E-state index in [1.807, 2.05) is 18.4 Å². The van der Waals surface area contributed by atoms with Gasteiger partial charge in [0.25, 0.3) is 0 Å². The molecular weight excluding hydrogens is 290 g/mol. The molecule has 4 nitrogen and oxygen atoms in total. The Morgan fingerprint density at radius 2 is 2.50 bits per heavy atom. The molecule has 0 amide bonds. The molecule has 0 aromatic carbocycles. The van der Waals surface area contributed by atoms with Crippen molar-refractivity contribution in [1.82, 2.24) is 10.1 Å². The maximum absolute atomic E-state index is 8.68. The van der Waals surface area contributed by atoms with E-state index in [2.05, 4.69) is 32.1 Å². The third-order valence-corrected chi connectivity index (χ3v) is 3.64. The molecule has 82 valence electrons. The highest BCUT2D eigenvalue weighted by Gasteiger charge is 2.12. The summed E-state index contributed by atoms with van der Waals surface area (Å²) < 4.78 is 6.08. The molecule has 0 saturated carbocycles. The van der Waals surface area contributed by atoms with E-state index in [-0.39, 0.29) is 5.92 Å². The molecule has 6 heteroatoms. The Hall–Kier alpha value is -1.19. The van der Waals surface area contributed by atoms with Gasteiger partial charge in [-0.15, -0.1) is 11.3 Å². The smallest absolute Gasteiger partial charge is 0.228 e. The maximum Gasteiger partial charge on any atom is 0.228 e. The molecule has 0 fully saturated rings. The summed E-state index contributed by atoms with van der Waals surface area (Å²) in [6.45, 7) is 1.83. The summed E-state index contributed by atoms with van der Waals surface area (Å²) in [5.74, 6) is 0.979. The highest BCUT2D eigenvalue weighted by molar-refractivity contribution is 9.10. The first kappa shape index (κ1) is 11.3. The molecule has 0 aliphatic heterocycles. The second-order valence-corrected chi connectivity index (χ2v) is 5.20. The summed E-state index contributed by atoms with van der Waals surface area (Å²) >= 11 is 4.91. The molecule has 2 heterocycles. The molecule has 0 radical (unpaired) electrons. The van der Waals surface area contributed by atoms with Gasteiger partial charge in [-0.1, -0.05) is 5.16 Å². The van der Waals surface area contributed by atoms with Gasteiger partial charge in [-0.05, 0) is 28.9 Å². The van der Waals surface area contributed by atoms with Gasteiger partial charge in [0.15, 0.2) is 0 Å². The first-order valence-corrected chi connectivity index (χ1v) is 6.33. The van der Waals surface area contributed by atoms with Gasteiger partial charge in [-0.3, -0.25) is 0 Å². The van der Waals surface area contributed by atoms with Gasteiger partial charge in [0.1, 0.15) is 0 Å². The van der Waals surface area contributed by atoms with Crippen molar-refractivity contribution in [3.63, 3.8) is 0 Å². The Balaban J connectivity index is 2.17. The van der Waals surface area contributed by atoms with Gasteiger partial charge in [0.05, 0.1) is 16.9 Å². The fourth-order valence-corrected chi connectivity index (χ4v) is 2.53. The highest BCUT2D eigenvalue weighted by atomic mass is 79.9. The molecule has 0 bridgehead atoms. The highest BCUT2D eigenvalue weighted by Crippen LogP contribution is 2.27. The Morgan fingerprint density at radius 1 is 1.69 bits per heavy atom. The van der Waals surface area contributed by atoms with E-state index in [0.29, 0.717) is 18.1 Å². The first-order valence-electron chi connectivity index (χ1n) is 4.65. The Kier molecular flexibility index (Phi) is 3.36. The van der Waals surface area contributed by atoms with Crippen LogP contribution in [0.1, 0.15) is 12.8 Å². The maximum atomic E-state index is 8.68. The molecule has 2 aromatic heterocycles. The minimum atomic E-state index is -0.108. The van der Waals surface area contributed by atoms with Crippen LogP contribution in [0.2, 0.25) is 0 Å². The zero-order valence-corrected chi connectivity index (χ0v) is 10.9. The number of halogens is 1. The number of nitrogens with zero attached hydrogens (tertiary/aromatic N) is 3. The van der Waals surface area contributed by atoms with Crippen molar-refractivity contribution in [3.8, 4) is 16.8 Å². The standard InChI is InChI=1S/C10H8BrN3OS/c1-6(4-12)2-9-13-10(14-15-9)8-3-7(11)5-16-8/h3,5-6H,2H2,1H3. The van der Waals surface area contributed by atoms with E-state index < -0.39 is 0 Å². The third kappa shape index (κ3) is 2.49. The number of hydrogen-bond donors (Lipinski definition) is 0. The van der Waals surface area contributed by atoms with Crippen LogP contribution in [0.3, 0.4) is 0 Å². The van der Waals surface area contributed by atoms with Crippen molar-refractivity contribution in [3.05, 3.63) is 21.8 Å². The van der Waals surface area contributed by atoms with Crippen LogP contribution < -0.4 is 0 Å². The van der Waals surface area contributed by atoms with Crippen LogP contribution in [0, 0.1) is 17.2 Å². The van der Waals surface area contributed by atoms with Gasteiger partial charge in [0, 0.05) is 16.3 Å². The number of hydrogen-bond acceptors (Lipinski definition) is 5. The predicted octanol–water partition coefficient (Wildman–Crippen LogP) is 3.26.